The first-order valence-corrected chi connectivity index (χ1v) is 20.0. The molecule has 0 N–H and O–H groups in total. The number of aryl methyl sites for hydroxylation is 1. The Morgan fingerprint density at radius 2 is 1.02 bits per heavy atom. The topological polar surface area (TPSA) is 16.4 Å². The Bertz CT molecular complexity index is 3010. The van der Waals surface area contributed by atoms with Crippen molar-refractivity contribution < 1.29 is 4.42 Å². The van der Waals surface area contributed by atoms with Crippen LogP contribution in [0, 0.1) is 6.92 Å². The number of nitrogens with zero attached hydrogens (tertiary/aromatic N) is 1. The molecule has 0 bridgehead atoms. The molecule has 276 valence electrons. The van der Waals surface area contributed by atoms with E-state index in [0.29, 0.717) is 0 Å². The first-order chi connectivity index (χ1) is 28.6. The van der Waals surface area contributed by atoms with Crippen LogP contribution >= 0.6 is 0 Å². The minimum Gasteiger partial charge on any atom is -0.456 e. The van der Waals surface area contributed by atoms with Gasteiger partial charge in [0, 0.05) is 27.7 Å². The molecule has 1 aromatic heterocycles. The summed E-state index contributed by atoms with van der Waals surface area (Å²) in [6, 6.07) is 72.3. The molecule has 0 amide bonds. The molecule has 2 heteroatoms. The molecule has 1 heterocycles. The van der Waals surface area contributed by atoms with Crippen molar-refractivity contribution in [3.05, 3.63) is 217 Å². The van der Waals surface area contributed by atoms with Crippen LogP contribution in [0.1, 0.15) is 18.1 Å². The second-order valence-electron chi connectivity index (χ2n) is 14.9. The number of hydrogen-bond donors (Lipinski definition) is 0. The SMILES string of the molecule is C/C=C\c1ccc2c(oc3cccc(-c4ccc(N(c5ccc(-c6ccccc6)cc5)c5ccc(-c6ccccc6)cc5)c(-c5cccc6ccccc56)c4)c32)c1C. The third-order valence-electron chi connectivity index (χ3n) is 11.4. The van der Waals surface area contributed by atoms with Gasteiger partial charge in [0.2, 0.25) is 0 Å². The molecule has 0 spiro atoms. The van der Waals surface area contributed by atoms with Crippen LogP contribution in [-0.2, 0) is 0 Å². The van der Waals surface area contributed by atoms with Crippen LogP contribution in [0.4, 0.5) is 17.1 Å². The molecule has 0 saturated heterocycles. The number of furan rings is 1. The first kappa shape index (κ1) is 35.0. The van der Waals surface area contributed by atoms with Gasteiger partial charge < -0.3 is 9.32 Å². The zero-order valence-electron chi connectivity index (χ0n) is 32.6. The van der Waals surface area contributed by atoms with Gasteiger partial charge in [-0.15, -0.1) is 0 Å². The highest BCUT2D eigenvalue weighted by Crippen LogP contribution is 2.47. The number of rotatable bonds is 8. The molecule has 0 aliphatic carbocycles. The van der Waals surface area contributed by atoms with Crippen LogP contribution in [0.25, 0.3) is 83.3 Å². The predicted octanol–water partition coefficient (Wildman–Crippen LogP) is 16.2. The Kier molecular flexibility index (Phi) is 9.01. The highest BCUT2D eigenvalue weighted by atomic mass is 16.3. The van der Waals surface area contributed by atoms with E-state index in [1.807, 2.05) is 0 Å². The second kappa shape index (κ2) is 14.9. The summed E-state index contributed by atoms with van der Waals surface area (Å²) in [6.07, 6.45) is 4.23. The van der Waals surface area contributed by atoms with E-state index in [0.717, 1.165) is 61.3 Å². The third-order valence-corrected chi connectivity index (χ3v) is 11.4. The zero-order valence-corrected chi connectivity index (χ0v) is 32.6. The maximum atomic E-state index is 6.62. The highest BCUT2D eigenvalue weighted by molar-refractivity contribution is 6.14. The maximum Gasteiger partial charge on any atom is 0.138 e. The van der Waals surface area contributed by atoms with Crippen molar-refractivity contribution >= 4 is 55.8 Å². The minimum absolute atomic E-state index is 0.891. The lowest BCUT2D eigenvalue weighted by Gasteiger charge is -2.29. The van der Waals surface area contributed by atoms with E-state index in [2.05, 4.69) is 231 Å². The number of anilines is 3. The lowest BCUT2D eigenvalue weighted by atomic mass is 9.91. The third kappa shape index (κ3) is 6.26. The Morgan fingerprint density at radius 3 is 1.69 bits per heavy atom. The molecule has 0 unspecified atom stereocenters. The van der Waals surface area contributed by atoms with Crippen LogP contribution in [-0.4, -0.2) is 0 Å². The van der Waals surface area contributed by atoms with E-state index in [9.17, 15) is 0 Å². The lowest BCUT2D eigenvalue weighted by Crippen LogP contribution is -2.11. The van der Waals surface area contributed by atoms with Crippen molar-refractivity contribution in [1.29, 1.82) is 0 Å². The molecule has 0 radical (unpaired) electrons. The predicted molar refractivity (Wildman–Crippen MR) is 247 cm³/mol. The van der Waals surface area contributed by atoms with Crippen molar-refractivity contribution in [2.24, 2.45) is 0 Å². The molecule has 0 atom stereocenters. The minimum atomic E-state index is 0.891. The Balaban J connectivity index is 1.21. The Morgan fingerprint density at radius 1 is 0.448 bits per heavy atom. The molecule has 58 heavy (non-hydrogen) atoms. The standard InChI is InChI=1S/C56H41NO/c1-3-14-39-29-35-51-55-49(22-13-24-54(55)58-56(51)38(39)2)45-30-36-53(52(37-45)50-23-12-20-44-19-10-11-21-48(44)50)57(46-31-25-42(26-32-46)40-15-6-4-7-16-40)47-33-27-43(28-34-47)41-17-8-5-9-18-41/h3-37H,1-2H3/b14-3-. The number of benzene rings is 9. The number of hydrogen-bond acceptors (Lipinski definition) is 2. The van der Waals surface area contributed by atoms with Crippen molar-refractivity contribution in [1.82, 2.24) is 0 Å². The van der Waals surface area contributed by atoms with Gasteiger partial charge in [0.15, 0.2) is 0 Å². The molecule has 10 rings (SSSR count). The van der Waals surface area contributed by atoms with Crippen molar-refractivity contribution in [3.63, 3.8) is 0 Å². The summed E-state index contributed by atoms with van der Waals surface area (Å²) in [5.74, 6) is 0. The van der Waals surface area contributed by atoms with Crippen molar-refractivity contribution in [2.45, 2.75) is 13.8 Å². The van der Waals surface area contributed by atoms with Gasteiger partial charge >= 0.3 is 0 Å². The maximum absolute atomic E-state index is 6.62. The van der Waals surface area contributed by atoms with E-state index >= 15 is 0 Å². The zero-order chi connectivity index (χ0) is 39.0. The average molecular weight is 744 g/mol. The second-order valence-corrected chi connectivity index (χ2v) is 14.9. The summed E-state index contributed by atoms with van der Waals surface area (Å²) >= 11 is 0. The van der Waals surface area contributed by atoms with Gasteiger partial charge in [0.05, 0.1) is 5.69 Å². The van der Waals surface area contributed by atoms with Crippen LogP contribution in [0.15, 0.2) is 211 Å². The van der Waals surface area contributed by atoms with E-state index in [-0.39, 0.29) is 0 Å². The summed E-state index contributed by atoms with van der Waals surface area (Å²) in [5.41, 5.74) is 16.8. The summed E-state index contributed by atoms with van der Waals surface area (Å²) in [5, 5.41) is 4.68. The Labute approximate surface area is 339 Å². The van der Waals surface area contributed by atoms with Crippen LogP contribution in [0.5, 0.6) is 0 Å². The first-order valence-electron chi connectivity index (χ1n) is 20.0. The lowest BCUT2D eigenvalue weighted by molar-refractivity contribution is 0.665. The fraction of sp³-hybridized carbons (Fsp3) is 0.0357. The number of fused-ring (bicyclic) bond motifs is 4. The smallest absolute Gasteiger partial charge is 0.138 e. The summed E-state index contributed by atoms with van der Waals surface area (Å²) in [4.78, 5) is 2.41. The molecular weight excluding hydrogens is 703 g/mol. The van der Waals surface area contributed by atoms with E-state index in [4.69, 9.17) is 4.42 Å². The molecular formula is C56H41NO. The molecule has 0 aliphatic rings. The van der Waals surface area contributed by atoms with E-state index in [1.54, 1.807) is 0 Å². The van der Waals surface area contributed by atoms with E-state index < -0.39 is 0 Å². The van der Waals surface area contributed by atoms with Gasteiger partial charge in [-0.25, -0.2) is 0 Å². The average Bonchev–Trinajstić information content (AvgIpc) is 3.68. The van der Waals surface area contributed by atoms with E-state index in [1.165, 1.54) is 44.2 Å². The Hall–Kier alpha value is -7.42. The normalized spacial score (nSPS) is 11.6. The fourth-order valence-corrected chi connectivity index (χ4v) is 8.51. The molecule has 2 nitrogen and oxygen atoms in total. The summed E-state index contributed by atoms with van der Waals surface area (Å²) in [7, 11) is 0. The monoisotopic (exact) mass is 743 g/mol. The quantitative estimate of drug-likeness (QED) is 0.154. The molecule has 10 aromatic rings. The van der Waals surface area contributed by atoms with Crippen molar-refractivity contribution in [3.8, 4) is 44.5 Å². The summed E-state index contributed by atoms with van der Waals surface area (Å²) in [6.45, 7) is 4.21. The molecule has 0 saturated carbocycles. The fourth-order valence-electron chi connectivity index (χ4n) is 8.51. The van der Waals surface area contributed by atoms with Crippen LogP contribution in [0.2, 0.25) is 0 Å². The van der Waals surface area contributed by atoms with Gasteiger partial charge in [-0.3, -0.25) is 0 Å². The van der Waals surface area contributed by atoms with Gasteiger partial charge in [0.25, 0.3) is 0 Å². The van der Waals surface area contributed by atoms with Crippen molar-refractivity contribution in [2.75, 3.05) is 4.90 Å². The van der Waals surface area contributed by atoms with Gasteiger partial charge in [-0.1, -0.05) is 164 Å². The molecule has 0 aliphatic heterocycles. The highest BCUT2D eigenvalue weighted by Gasteiger charge is 2.22. The molecule has 9 aromatic carbocycles. The summed E-state index contributed by atoms with van der Waals surface area (Å²) < 4.78 is 6.62. The largest absolute Gasteiger partial charge is 0.456 e. The number of allylic oxidation sites excluding steroid dienone is 1. The van der Waals surface area contributed by atoms with Crippen LogP contribution < -0.4 is 4.90 Å². The molecule has 0 fully saturated rings. The van der Waals surface area contributed by atoms with Crippen LogP contribution in [0.3, 0.4) is 0 Å². The van der Waals surface area contributed by atoms with Gasteiger partial charge in [0.1, 0.15) is 11.2 Å². The van der Waals surface area contributed by atoms with Gasteiger partial charge in [-0.2, -0.15) is 0 Å². The van der Waals surface area contributed by atoms with Gasteiger partial charge in [-0.05, 0) is 123 Å².